The molecule has 2 aromatic rings. The van der Waals surface area contributed by atoms with Crippen molar-refractivity contribution in [3.8, 4) is 17.6 Å². The maximum Gasteiger partial charge on any atom is 0.244 e. The number of carbonyl (C=O) groups excluding carboxylic acids is 1. The van der Waals surface area contributed by atoms with E-state index in [1.165, 1.54) is 12.1 Å². The summed E-state index contributed by atoms with van der Waals surface area (Å²) in [6.07, 6.45) is 2.40. The molecule has 0 aromatic heterocycles. The van der Waals surface area contributed by atoms with Gasteiger partial charge in [0.1, 0.15) is 23.1 Å². The van der Waals surface area contributed by atoms with Gasteiger partial charge in [-0.2, -0.15) is 5.26 Å². The molecule has 0 saturated carbocycles. The third-order valence-corrected chi connectivity index (χ3v) is 6.88. The average molecular weight is 481 g/mol. The number of nitrogens with two attached hydrogens (primary N) is 1. The van der Waals surface area contributed by atoms with Crippen LogP contribution in [0.1, 0.15) is 16.7 Å². The lowest BCUT2D eigenvalue weighted by atomic mass is 9.71. The zero-order chi connectivity index (χ0) is 21.5. The predicted octanol–water partition coefficient (Wildman–Crippen LogP) is 3.11. The second kappa shape index (κ2) is 6.02. The summed E-state index contributed by atoms with van der Waals surface area (Å²) in [6, 6.07) is 8.47. The maximum absolute atomic E-state index is 14.4. The SMILES string of the molecule is N#CC1=C(N)N2CCc3cc4c(cc3C2=C[C@]12C(=O)Nc1c(Br)cc(F)cc12)OCO4. The Kier molecular flexibility index (Phi) is 3.55. The van der Waals surface area contributed by atoms with Gasteiger partial charge in [0.15, 0.2) is 11.5 Å². The smallest absolute Gasteiger partial charge is 0.244 e. The number of ether oxygens (including phenoxy) is 2. The maximum atomic E-state index is 14.4. The number of hydrogen-bond donors (Lipinski definition) is 2. The number of amides is 1. The van der Waals surface area contributed by atoms with Crippen LogP contribution >= 0.6 is 15.9 Å². The summed E-state index contributed by atoms with van der Waals surface area (Å²) in [5, 5.41) is 12.8. The number of rotatable bonds is 0. The van der Waals surface area contributed by atoms with E-state index < -0.39 is 17.1 Å². The zero-order valence-electron chi connectivity index (χ0n) is 16.0. The van der Waals surface area contributed by atoms with Gasteiger partial charge in [0.25, 0.3) is 0 Å². The van der Waals surface area contributed by atoms with Crippen LogP contribution in [-0.2, 0) is 16.6 Å². The molecular weight excluding hydrogens is 467 g/mol. The Morgan fingerprint density at radius 1 is 1.26 bits per heavy atom. The Bertz CT molecular complexity index is 1330. The fourth-order valence-corrected chi connectivity index (χ4v) is 5.36. The molecule has 3 N–H and O–H groups in total. The third kappa shape index (κ3) is 2.23. The molecule has 1 spiro atoms. The summed E-state index contributed by atoms with van der Waals surface area (Å²) in [6.45, 7) is 0.682. The van der Waals surface area contributed by atoms with E-state index in [1.54, 1.807) is 6.08 Å². The molecule has 0 saturated heterocycles. The molecule has 0 unspecified atom stereocenters. The molecule has 2 aromatic carbocycles. The van der Waals surface area contributed by atoms with E-state index in [1.807, 2.05) is 17.0 Å². The van der Waals surface area contributed by atoms with Crippen LogP contribution in [0, 0.1) is 17.1 Å². The van der Waals surface area contributed by atoms with Gasteiger partial charge in [-0.15, -0.1) is 0 Å². The molecule has 1 amide bonds. The molecule has 0 fully saturated rings. The second-order valence-electron chi connectivity index (χ2n) is 7.74. The second-order valence-corrected chi connectivity index (χ2v) is 8.59. The number of nitrogens with zero attached hydrogens (tertiary/aromatic N) is 2. The van der Waals surface area contributed by atoms with Gasteiger partial charge < -0.3 is 25.4 Å². The molecular formula is C22H14BrFN4O3. The molecule has 4 aliphatic rings. The molecule has 6 rings (SSSR count). The lowest BCUT2D eigenvalue weighted by molar-refractivity contribution is -0.118. The molecule has 0 bridgehead atoms. The van der Waals surface area contributed by atoms with Crippen LogP contribution in [0.15, 0.2) is 46.2 Å². The van der Waals surface area contributed by atoms with Crippen molar-refractivity contribution in [2.24, 2.45) is 5.73 Å². The first-order chi connectivity index (χ1) is 14.9. The lowest BCUT2D eigenvalue weighted by Crippen LogP contribution is -2.45. The molecule has 1 atom stereocenters. The van der Waals surface area contributed by atoms with E-state index in [-0.39, 0.29) is 18.2 Å². The number of nitriles is 1. The van der Waals surface area contributed by atoms with Crippen LogP contribution < -0.4 is 20.5 Å². The molecule has 154 valence electrons. The Labute approximate surface area is 184 Å². The fourth-order valence-electron chi connectivity index (χ4n) is 4.83. The number of anilines is 1. The first-order valence-corrected chi connectivity index (χ1v) is 10.4. The first-order valence-electron chi connectivity index (χ1n) is 9.58. The topological polar surface area (TPSA) is 101 Å². The largest absolute Gasteiger partial charge is 0.454 e. The van der Waals surface area contributed by atoms with Gasteiger partial charge in [0.2, 0.25) is 12.7 Å². The lowest BCUT2D eigenvalue weighted by Gasteiger charge is -2.41. The molecule has 7 nitrogen and oxygen atoms in total. The summed E-state index contributed by atoms with van der Waals surface area (Å²) in [7, 11) is 0. The summed E-state index contributed by atoms with van der Waals surface area (Å²) in [5.41, 5.74) is 8.33. The standard InChI is InChI=1S/C22H14BrFN4O3/c23-15-5-11(24)4-13-19(15)27-21(29)22(13)7-16-12-6-18-17(30-9-31-18)3-10(12)1-2-28(16)20(26)14(22)8-25/h3-7H,1-2,9,26H2,(H,27,29)/t22-/m1/s1. The van der Waals surface area contributed by atoms with Crippen molar-refractivity contribution in [1.29, 1.82) is 5.26 Å². The number of halogens is 2. The monoisotopic (exact) mass is 480 g/mol. The van der Waals surface area contributed by atoms with Gasteiger partial charge in [-0.05, 0) is 58.3 Å². The molecule has 9 heteroatoms. The number of benzene rings is 2. The summed E-state index contributed by atoms with van der Waals surface area (Å²) >= 11 is 3.31. The van der Waals surface area contributed by atoms with Gasteiger partial charge in [-0.3, -0.25) is 4.79 Å². The van der Waals surface area contributed by atoms with Crippen molar-refractivity contribution in [3.63, 3.8) is 0 Å². The van der Waals surface area contributed by atoms with Crippen LogP contribution in [0.25, 0.3) is 5.70 Å². The zero-order valence-corrected chi connectivity index (χ0v) is 17.5. The van der Waals surface area contributed by atoms with Crippen molar-refractivity contribution in [2.75, 3.05) is 18.7 Å². The van der Waals surface area contributed by atoms with Gasteiger partial charge in [0, 0.05) is 27.8 Å². The number of carbonyl (C=O) groups is 1. The van der Waals surface area contributed by atoms with Gasteiger partial charge in [-0.25, -0.2) is 4.39 Å². The van der Waals surface area contributed by atoms with E-state index in [2.05, 4.69) is 27.3 Å². The van der Waals surface area contributed by atoms with Crippen molar-refractivity contribution in [1.82, 2.24) is 4.90 Å². The summed E-state index contributed by atoms with van der Waals surface area (Å²) in [4.78, 5) is 15.2. The number of fused-ring (bicyclic) bond motifs is 6. The van der Waals surface area contributed by atoms with Crippen LogP contribution in [-0.4, -0.2) is 24.1 Å². The van der Waals surface area contributed by atoms with E-state index in [4.69, 9.17) is 15.2 Å². The molecule has 4 aliphatic heterocycles. The Hall–Kier alpha value is -3.51. The van der Waals surface area contributed by atoms with Crippen LogP contribution in [0.5, 0.6) is 11.5 Å². The van der Waals surface area contributed by atoms with Crippen molar-refractivity contribution >= 4 is 33.2 Å². The van der Waals surface area contributed by atoms with Gasteiger partial charge in [0.05, 0.1) is 11.3 Å². The van der Waals surface area contributed by atoms with Gasteiger partial charge in [-0.1, -0.05) is 0 Å². The van der Waals surface area contributed by atoms with E-state index in [9.17, 15) is 14.4 Å². The highest BCUT2D eigenvalue weighted by Crippen LogP contribution is 2.53. The fraction of sp³-hybridized carbons (Fsp3) is 0.182. The van der Waals surface area contributed by atoms with Crippen molar-refractivity contribution < 1.29 is 18.7 Å². The Morgan fingerprint density at radius 3 is 2.81 bits per heavy atom. The molecule has 0 aliphatic carbocycles. The number of nitrogens with one attached hydrogen (secondary N) is 1. The Morgan fingerprint density at radius 2 is 2.03 bits per heavy atom. The summed E-state index contributed by atoms with van der Waals surface area (Å²) in [5.74, 6) is 0.495. The third-order valence-electron chi connectivity index (χ3n) is 6.25. The predicted molar refractivity (Wildman–Crippen MR) is 112 cm³/mol. The van der Waals surface area contributed by atoms with Crippen molar-refractivity contribution in [3.05, 3.63) is 68.7 Å². The summed E-state index contributed by atoms with van der Waals surface area (Å²) < 4.78 is 25.8. The normalized spacial score (nSPS) is 22.5. The van der Waals surface area contributed by atoms with Gasteiger partial charge >= 0.3 is 0 Å². The molecule has 31 heavy (non-hydrogen) atoms. The van der Waals surface area contributed by atoms with Crippen LogP contribution in [0.4, 0.5) is 10.1 Å². The van der Waals surface area contributed by atoms with Crippen LogP contribution in [0.3, 0.4) is 0 Å². The molecule has 0 radical (unpaired) electrons. The number of hydrogen-bond acceptors (Lipinski definition) is 6. The highest BCUT2D eigenvalue weighted by molar-refractivity contribution is 9.10. The minimum atomic E-state index is -1.53. The van der Waals surface area contributed by atoms with E-state index in [0.717, 1.165) is 11.1 Å². The molecule has 4 heterocycles. The quantitative estimate of drug-likeness (QED) is 0.600. The minimum absolute atomic E-state index is 0.0780. The average Bonchev–Trinajstić information content (AvgIpc) is 3.30. The van der Waals surface area contributed by atoms with E-state index in [0.29, 0.717) is 45.9 Å². The first kappa shape index (κ1) is 18.3. The van der Waals surface area contributed by atoms with Crippen LogP contribution in [0.2, 0.25) is 0 Å². The van der Waals surface area contributed by atoms with Crippen molar-refractivity contribution in [2.45, 2.75) is 11.8 Å². The van der Waals surface area contributed by atoms with E-state index >= 15 is 0 Å². The Balaban J connectivity index is 1.66. The highest BCUT2D eigenvalue weighted by atomic mass is 79.9. The highest BCUT2D eigenvalue weighted by Gasteiger charge is 2.54. The minimum Gasteiger partial charge on any atom is -0.454 e.